The minimum absolute atomic E-state index is 0.244. The molecule has 0 radical (unpaired) electrons. The minimum Gasteiger partial charge on any atom is -0.309 e. The highest BCUT2D eigenvalue weighted by atomic mass is 32.1. The fraction of sp³-hybridized carbons (Fsp3) is 0. The summed E-state index contributed by atoms with van der Waals surface area (Å²) in [5.74, 6) is 0. The van der Waals surface area contributed by atoms with E-state index in [-0.39, 0.29) is 11.1 Å². The van der Waals surface area contributed by atoms with Crippen molar-refractivity contribution in [2.45, 2.75) is 0 Å². The first kappa shape index (κ1) is 22.5. The van der Waals surface area contributed by atoms with Gasteiger partial charge in [-0.2, -0.15) is 0 Å². The van der Waals surface area contributed by atoms with Gasteiger partial charge in [0.1, 0.15) is 4.70 Å². The van der Waals surface area contributed by atoms with Gasteiger partial charge in [-0.25, -0.2) is 4.40 Å². The molecule has 0 saturated carbocycles. The van der Waals surface area contributed by atoms with Gasteiger partial charge in [0, 0.05) is 38.0 Å². The Hall–Kier alpha value is -5.26. The van der Waals surface area contributed by atoms with E-state index in [2.05, 4.69) is 83.4 Å². The maximum Gasteiger partial charge on any atom is 0.276 e. The van der Waals surface area contributed by atoms with Crippen molar-refractivity contribution in [3.8, 4) is 16.8 Å². The SMILES string of the molecule is O=c1c2ccccc2c2cc(-c3ccc4c(c3)c3ccccc3n4-c3ccccc3)cc3c4ccsc4c(=O)n1c23. The summed E-state index contributed by atoms with van der Waals surface area (Å²) in [6, 6.07) is 39.5. The van der Waals surface area contributed by atoms with E-state index in [9.17, 15) is 9.59 Å². The lowest BCUT2D eigenvalue weighted by Crippen LogP contribution is -2.26. The minimum atomic E-state index is -0.263. The van der Waals surface area contributed by atoms with E-state index in [1.54, 1.807) is 0 Å². The van der Waals surface area contributed by atoms with Crippen LogP contribution in [0, 0.1) is 0 Å². The van der Waals surface area contributed by atoms with Crippen LogP contribution < -0.4 is 11.1 Å². The van der Waals surface area contributed by atoms with Gasteiger partial charge in [-0.05, 0) is 76.5 Å². The zero-order valence-corrected chi connectivity index (χ0v) is 22.5. The first-order valence-corrected chi connectivity index (χ1v) is 14.4. The molecular formula is C36H20N2O2S. The molecule has 0 aliphatic rings. The molecule has 0 fully saturated rings. The quantitative estimate of drug-likeness (QED) is 0.162. The molecule has 4 heterocycles. The van der Waals surface area contributed by atoms with Gasteiger partial charge in [0.05, 0.1) is 16.6 Å². The van der Waals surface area contributed by atoms with E-state index in [1.807, 2.05) is 41.8 Å². The number of para-hydroxylation sites is 2. The van der Waals surface area contributed by atoms with Crippen molar-refractivity contribution >= 4 is 70.3 Å². The van der Waals surface area contributed by atoms with Gasteiger partial charge in [-0.3, -0.25) is 9.59 Å². The van der Waals surface area contributed by atoms with Crippen molar-refractivity contribution in [1.82, 2.24) is 8.97 Å². The number of rotatable bonds is 2. The highest BCUT2D eigenvalue weighted by Crippen LogP contribution is 2.39. The van der Waals surface area contributed by atoms with Crippen LogP contribution in [0.5, 0.6) is 0 Å². The van der Waals surface area contributed by atoms with Gasteiger partial charge in [-0.15, -0.1) is 11.3 Å². The first-order valence-electron chi connectivity index (χ1n) is 13.5. The number of fused-ring (bicyclic) bond motifs is 7. The maximum atomic E-state index is 13.6. The molecule has 5 aromatic carbocycles. The maximum absolute atomic E-state index is 13.6. The van der Waals surface area contributed by atoms with E-state index < -0.39 is 0 Å². The van der Waals surface area contributed by atoms with Crippen LogP contribution in [0.1, 0.15) is 0 Å². The Kier molecular flexibility index (Phi) is 4.47. The third-order valence-electron chi connectivity index (χ3n) is 8.36. The van der Waals surface area contributed by atoms with E-state index in [1.165, 1.54) is 26.5 Å². The van der Waals surface area contributed by atoms with Crippen molar-refractivity contribution in [2.24, 2.45) is 0 Å². The van der Waals surface area contributed by atoms with Crippen LogP contribution in [0.25, 0.3) is 75.8 Å². The van der Waals surface area contributed by atoms with Crippen LogP contribution >= 0.6 is 11.3 Å². The van der Waals surface area contributed by atoms with Gasteiger partial charge >= 0.3 is 0 Å². The fourth-order valence-corrected chi connectivity index (χ4v) is 7.41. The van der Waals surface area contributed by atoms with Gasteiger partial charge in [-0.1, -0.05) is 60.7 Å². The summed E-state index contributed by atoms with van der Waals surface area (Å²) in [4.78, 5) is 27.1. The molecule has 0 unspecified atom stereocenters. The lowest BCUT2D eigenvalue weighted by Gasteiger charge is -2.14. The molecular weight excluding hydrogens is 524 g/mol. The van der Waals surface area contributed by atoms with Crippen LogP contribution in [-0.2, 0) is 0 Å². The number of aromatic nitrogens is 2. The molecule has 41 heavy (non-hydrogen) atoms. The van der Waals surface area contributed by atoms with Crippen molar-refractivity contribution in [2.75, 3.05) is 0 Å². The molecule has 4 nitrogen and oxygen atoms in total. The third-order valence-corrected chi connectivity index (χ3v) is 9.26. The standard InChI is InChI=1S/C36H20N2O2S/c39-35-27-12-5-4-10-24(27)29-19-22(20-30-26-16-17-41-34(26)36(40)38(35)33(29)30)21-14-15-32-28(18-21)25-11-6-7-13-31(25)37(32)23-8-2-1-3-9-23/h1-20H. The fourth-order valence-electron chi connectivity index (χ4n) is 6.57. The number of hydrogen-bond acceptors (Lipinski definition) is 3. The molecule has 192 valence electrons. The molecule has 0 aliphatic carbocycles. The second-order valence-electron chi connectivity index (χ2n) is 10.5. The Morgan fingerprint density at radius 3 is 1.98 bits per heavy atom. The zero-order valence-electron chi connectivity index (χ0n) is 21.7. The molecule has 0 amide bonds. The van der Waals surface area contributed by atoms with Crippen molar-refractivity contribution in [3.63, 3.8) is 0 Å². The van der Waals surface area contributed by atoms with Gasteiger partial charge < -0.3 is 4.57 Å². The monoisotopic (exact) mass is 544 g/mol. The predicted octanol–water partition coefficient (Wildman–Crippen LogP) is 8.38. The smallest absolute Gasteiger partial charge is 0.276 e. The molecule has 0 N–H and O–H groups in total. The average Bonchev–Trinajstić information content (AvgIpc) is 3.65. The Morgan fingerprint density at radius 2 is 1.15 bits per heavy atom. The lowest BCUT2D eigenvalue weighted by atomic mass is 9.95. The second kappa shape index (κ2) is 8.13. The van der Waals surface area contributed by atoms with E-state index in [0.717, 1.165) is 49.4 Å². The molecule has 0 spiro atoms. The number of nitrogens with zero attached hydrogens (tertiary/aromatic N) is 2. The highest BCUT2D eigenvalue weighted by Gasteiger charge is 2.20. The first-order chi connectivity index (χ1) is 20.2. The second-order valence-corrected chi connectivity index (χ2v) is 11.4. The Labute approximate surface area is 236 Å². The molecule has 0 saturated heterocycles. The van der Waals surface area contributed by atoms with Gasteiger partial charge in [0.15, 0.2) is 0 Å². The Morgan fingerprint density at radius 1 is 0.488 bits per heavy atom. The van der Waals surface area contributed by atoms with Crippen LogP contribution in [0.3, 0.4) is 0 Å². The molecule has 0 aliphatic heterocycles. The van der Waals surface area contributed by atoms with Crippen LogP contribution in [0.15, 0.2) is 130 Å². The summed E-state index contributed by atoms with van der Waals surface area (Å²) >= 11 is 1.39. The lowest BCUT2D eigenvalue weighted by molar-refractivity contribution is 1.09. The zero-order chi connectivity index (χ0) is 27.2. The number of thiophene rings is 1. The largest absolute Gasteiger partial charge is 0.309 e. The van der Waals surface area contributed by atoms with Crippen LogP contribution in [-0.4, -0.2) is 8.97 Å². The van der Waals surface area contributed by atoms with E-state index in [0.29, 0.717) is 15.6 Å². The van der Waals surface area contributed by atoms with Crippen molar-refractivity contribution in [1.29, 1.82) is 0 Å². The summed E-state index contributed by atoms with van der Waals surface area (Å²) in [6.07, 6.45) is 0. The van der Waals surface area contributed by atoms with Crippen LogP contribution in [0.4, 0.5) is 0 Å². The molecule has 5 heteroatoms. The van der Waals surface area contributed by atoms with E-state index >= 15 is 0 Å². The summed E-state index contributed by atoms with van der Waals surface area (Å²) in [5, 5.41) is 8.44. The summed E-state index contributed by atoms with van der Waals surface area (Å²) < 4.78 is 4.30. The molecule has 9 aromatic rings. The molecule has 4 aromatic heterocycles. The number of benzene rings is 5. The van der Waals surface area contributed by atoms with Gasteiger partial charge in [0.25, 0.3) is 11.1 Å². The summed E-state index contributed by atoms with van der Waals surface area (Å²) in [7, 11) is 0. The number of hydrogen-bond donors (Lipinski definition) is 0. The highest BCUT2D eigenvalue weighted by molar-refractivity contribution is 7.17. The third kappa shape index (κ3) is 2.98. The van der Waals surface area contributed by atoms with Crippen molar-refractivity contribution < 1.29 is 0 Å². The molecule has 9 rings (SSSR count). The molecule has 0 bridgehead atoms. The topological polar surface area (TPSA) is 43.5 Å². The van der Waals surface area contributed by atoms with Crippen LogP contribution in [0.2, 0.25) is 0 Å². The normalized spacial score (nSPS) is 12.1. The summed E-state index contributed by atoms with van der Waals surface area (Å²) in [5.41, 5.74) is 5.75. The molecule has 0 atom stereocenters. The Bertz CT molecular complexity index is 2630. The van der Waals surface area contributed by atoms with Gasteiger partial charge in [0.2, 0.25) is 0 Å². The van der Waals surface area contributed by atoms with Crippen molar-refractivity contribution in [3.05, 3.63) is 141 Å². The number of pyridine rings is 2. The average molecular weight is 545 g/mol. The predicted molar refractivity (Wildman–Crippen MR) is 171 cm³/mol. The Balaban J connectivity index is 1.42. The van der Waals surface area contributed by atoms with E-state index in [4.69, 9.17) is 0 Å². The summed E-state index contributed by atoms with van der Waals surface area (Å²) in [6.45, 7) is 0.